The number of phenolic OH excluding ortho intramolecular Hbond substituents is 2. The van der Waals surface area contributed by atoms with E-state index in [1.54, 1.807) is 19.1 Å². The number of nitrogens with zero attached hydrogens (tertiary/aromatic N) is 6. The molecule has 0 spiro atoms. The van der Waals surface area contributed by atoms with Gasteiger partial charge in [0.15, 0.2) is 0 Å². The molecule has 0 aliphatic carbocycles. The third-order valence-electron chi connectivity index (χ3n) is 7.00. The fourth-order valence-corrected chi connectivity index (χ4v) is 4.86. The van der Waals surface area contributed by atoms with Gasteiger partial charge in [-0.3, -0.25) is 0 Å². The van der Waals surface area contributed by atoms with Gasteiger partial charge in [0.2, 0.25) is 0 Å². The predicted octanol–water partition coefficient (Wildman–Crippen LogP) is 5.01. The van der Waals surface area contributed by atoms with Gasteiger partial charge in [0, 0.05) is 12.0 Å². The van der Waals surface area contributed by atoms with E-state index in [1.807, 2.05) is 66.7 Å². The summed E-state index contributed by atoms with van der Waals surface area (Å²) in [6, 6.07) is 23.8. The maximum absolute atomic E-state index is 12.0. The number of benzene rings is 4. The van der Waals surface area contributed by atoms with Crippen LogP contribution in [0.3, 0.4) is 0 Å². The molecule has 10 heteroatoms. The summed E-state index contributed by atoms with van der Waals surface area (Å²) in [5.74, 6) is -0.358. The zero-order valence-corrected chi connectivity index (χ0v) is 22.9. The maximum Gasteiger partial charge on any atom is 0.333 e. The van der Waals surface area contributed by atoms with Gasteiger partial charge in [-0.2, -0.15) is 0 Å². The summed E-state index contributed by atoms with van der Waals surface area (Å²) < 4.78 is 5.37. The molecule has 2 N–H and O–H groups in total. The SMILES string of the molecule is C=C(C)C(=O)OCCc1ccc(O)c(-n2nc3ccccc3n2)c1CCc1ccc(O)c(-n2nc3ccccc3n2)c1. The molecule has 0 saturated carbocycles. The second kappa shape index (κ2) is 11.2. The van der Waals surface area contributed by atoms with Gasteiger partial charge in [-0.05, 0) is 78.9 Å². The molecular formula is C32H28N6O4. The van der Waals surface area contributed by atoms with Gasteiger partial charge < -0.3 is 14.9 Å². The van der Waals surface area contributed by atoms with Crippen LogP contribution in [-0.4, -0.2) is 52.8 Å². The van der Waals surface area contributed by atoms with Gasteiger partial charge in [-0.25, -0.2) is 4.79 Å². The lowest BCUT2D eigenvalue weighted by Crippen LogP contribution is -2.12. The van der Waals surface area contributed by atoms with Crippen molar-refractivity contribution in [2.45, 2.75) is 26.2 Å². The Morgan fingerprint density at radius 3 is 1.93 bits per heavy atom. The van der Waals surface area contributed by atoms with E-state index < -0.39 is 5.97 Å². The minimum atomic E-state index is -0.452. The molecule has 0 aliphatic rings. The van der Waals surface area contributed by atoms with Crippen LogP contribution in [0.4, 0.5) is 0 Å². The van der Waals surface area contributed by atoms with Crippen molar-refractivity contribution in [3.05, 3.63) is 108 Å². The van der Waals surface area contributed by atoms with Crippen molar-refractivity contribution in [1.29, 1.82) is 0 Å². The lowest BCUT2D eigenvalue weighted by molar-refractivity contribution is -0.138. The van der Waals surface area contributed by atoms with Crippen LogP contribution in [-0.2, 0) is 28.8 Å². The summed E-state index contributed by atoms with van der Waals surface area (Å²) in [5, 5.41) is 39.9. The van der Waals surface area contributed by atoms with Crippen LogP contribution in [0.25, 0.3) is 33.4 Å². The largest absolute Gasteiger partial charge is 0.506 e. The highest BCUT2D eigenvalue weighted by molar-refractivity contribution is 5.86. The van der Waals surface area contributed by atoms with Crippen LogP contribution in [0.2, 0.25) is 0 Å². The lowest BCUT2D eigenvalue weighted by Gasteiger charge is -2.16. The van der Waals surface area contributed by atoms with Crippen molar-refractivity contribution in [1.82, 2.24) is 30.0 Å². The zero-order chi connectivity index (χ0) is 29.2. The third kappa shape index (κ3) is 5.29. The molecule has 4 aromatic carbocycles. The van der Waals surface area contributed by atoms with Crippen molar-refractivity contribution in [2.24, 2.45) is 0 Å². The second-order valence-corrected chi connectivity index (χ2v) is 10.0. The number of aromatic hydroxyl groups is 2. The number of hydrogen-bond donors (Lipinski definition) is 2. The Bertz CT molecular complexity index is 1890. The highest BCUT2D eigenvalue weighted by Gasteiger charge is 2.19. The minimum Gasteiger partial charge on any atom is -0.506 e. The normalized spacial score (nSPS) is 11.3. The van der Waals surface area contributed by atoms with E-state index >= 15 is 0 Å². The lowest BCUT2D eigenvalue weighted by atomic mass is 9.95. The Kier molecular flexibility index (Phi) is 7.10. The molecule has 0 radical (unpaired) electrons. The molecule has 2 aromatic heterocycles. The number of esters is 1. The van der Waals surface area contributed by atoms with Gasteiger partial charge >= 0.3 is 5.97 Å². The number of phenols is 2. The number of ether oxygens (including phenoxy) is 1. The van der Waals surface area contributed by atoms with Gasteiger partial charge in [-0.1, -0.05) is 43.0 Å². The molecule has 6 aromatic rings. The topological polar surface area (TPSA) is 128 Å². The first-order valence-electron chi connectivity index (χ1n) is 13.5. The maximum atomic E-state index is 12.0. The number of rotatable bonds is 9. The van der Waals surface area contributed by atoms with Gasteiger partial charge in [-0.15, -0.1) is 30.0 Å². The number of carbonyl (C=O) groups excluding carboxylic acids is 1. The first-order chi connectivity index (χ1) is 20.4. The van der Waals surface area contributed by atoms with Crippen molar-refractivity contribution in [3.8, 4) is 22.9 Å². The van der Waals surface area contributed by atoms with Crippen LogP contribution in [0, 0.1) is 0 Å². The average Bonchev–Trinajstić information content (AvgIpc) is 3.61. The van der Waals surface area contributed by atoms with E-state index in [9.17, 15) is 15.0 Å². The Morgan fingerprint density at radius 2 is 1.33 bits per heavy atom. The fourth-order valence-electron chi connectivity index (χ4n) is 4.86. The molecule has 42 heavy (non-hydrogen) atoms. The first-order valence-corrected chi connectivity index (χ1v) is 13.5. The highest BCUT2D eigenvalue weighted by atomic mass is 16.5. The molecule has 0 bridgehead atoms. The summed E-state index contributed by atoms with van der Waals surface area (Å²) in [6.45, 7) is 5.40. The number of carbonyl (C=O) groups is 1. The molecule has 0 fully saturated rings. The Labute approximate surface area is 241 Å². The third-order valence-corrected chi connectivity index (χ3v) is 7.00. The van der Waals surface area contributed by atoms with Crippen LogP contribution < -0.4 is 0 Å². The summed E-state index contributed by atoms with van der Waals surface area (Å²) in [7, 11) is 0. The Morgan fingerprint density at radius 1 is 0.762 bits per heavy atom. The molecule has 210 valence electrons. The fraction of sp³-hybridized carbons (Fsp3) is 0.156. The number of hydrogen-bond acceptors (Lipinski definition) is 8. The summed E-state index contributed by atoms with van der Waals surface area (Å²) >= 11 is 0. The second-order valence-electron chi connectivity index (χ2n) is 10.0. The minimum absolute atomic E-state index is 0.0341. The molecule has 10 nitrogen and oxygen atoms in total. The van der Waals surface area contributed by atoms with E-state index in [1.165, 1.54) is 9.59 Å². The smallest absolute Gasteiger partial charge is 0.333 e. The molecule has 0 amide bonds. The van der Waals surface area contributed by atoms with E-state index in [0.29, 0.717) is 47.2 Å². The molecule has 0 unspecified atom stereocenters. The van der Waals surface area contributed by atoms with Gasteiger partial charge in [0.25, 0.3) is 0 Å². The standard InChI is InChI=1S/C32H28N6O4/c1-20(2)32(41)42-18-17-22-13-16-30(40)31(38-35-26-9-5-6-10-27(26)36-38)23(22)14-11-21-12-15-29(39)28(19-21)37-33-24-7-3-4-8-25(24)34-37/h3-10,12-13,15-16,19,39-40H,1,11,14,17-18H2,2H3. The highest BCUT2D eigenvalue weighted by Crippen LogP contribution is 2.31. The molecule has 0 atom stereocenters. The quantitative estimate of drug-likeness (QED) is 0.187. The molecule has 0 saturated heterocycles. The van der Waals surface area contributed by atoms with Crippen molar-refractivity contribution in [3.63, 3.8) is 0 Å². The summed E-state index contributed by atoms with van der Waals surface area (Å²) in [6.07, 6.45) is 1.49. The predicted molar refractivity (Wildman–Crippen MR) is 158 cm³/mol. The summed E-state index contributed by atoms with van der Waals surface area (Å²) in [5.41, 5.74) is 6.74. The van der Waals surface area contributed by atoms with Crippen molar-refractivity contribution < 1.29 is 19.7 Å². The zero-order valence-electron chi connectivity index (χ0n) is 22.9. The van der Waals surface area contributed by atoms with E-state index in [-0.39, 0.29) is 18.1 Å². The van der Waals surface area contributed by atoms with Crippen LogP contribution in [0.15, 0.2) is 91.0 Å². The van der Waals surface area contributed by atoms with Gasteiger partial charge in [0.05, 0.1) is 6.61 Å². The van der Waals surface area contributed by atoms with Crippen LogP contribution >= 0.6 is 0 Å². The van der Waals surface area contributed by atoms with Gasteiger partial charge in [0.1, 0.15) is 44.9 Å². The number of aryl methyl sites for hydroxylation is 1. The monoisotopic (exact) mass is 560 g/mol. The summed E-state index contributed by atoms with van der Waals surface area (Å²) in [4.78, 5) is 14.9. The molecule has 2 heterocycles. The number of aromatic nitrogens is 6. The first kappa shape index (κ1) is 26.7. The van der Waals surface area contributed by atoms with E-state index in [4.69, 9.17) is 4.74 Å². The molecule has 6 rings (SSSR count). The Hall–Kier alpha value is -5.51. The van der Waals surface area contributed by atoms with E-state index in [0.717, 1.165) is 27.7 Å². The molecular weight excluding hydrogens is 532 g/mol. The van der Waals surface area contributed by atoms with Crippen molar-refractivity contribution >= 4 is 28.0 Å². The van der Waals surface area contributed by atoms with Crippen molar-refractivity contribution in [2.75, 3.05) is 6.61 Å². The van der Waals surface area contributed by atoms with E-state index in [2.05, 4.69) is 27.0 Å². The molecule has 0 aliphatic heterocycles. The average molecular weight is 561 g/mol. The van der Waals surface area contributed by atoms with Crippen LogP contribution in [0.5, 0.6) is 11.5 Å². The Balaban J connectivity index is 1.35. The number of fused-ring (bicyclic) bond motifs is 2. The van der Waals surface area contributed by atoms with Crippen LogP contribution in [0.1, 0.15) is 23.6 Å².